The van der Waals surface area contributed by atoms with Crippen LogP contribution in [0.25, 0.3) is 6.08 Å². The van der Waals surface area contributed by atoms with Gasteiger partial charge in [0.25, 0.3) is 11.1 Å². The maximum atomic E-state index is 13.9. The molecule has 0 atom stereocenters. The molecule has 184 valence electrons. The number of thioether (sulfide) groups is 1. The highest BCUT2D eigenvalue weighted by atomic mass is 32.2. The summed E-state index contributed by atoms with van der Waals surface area (Å²) in [6, 6.07) is 14.1. The molecular formula is C25H16F4N2O4S. The van der Waals surface area contributed by atoms with E-state index in [4.69, 9.17) is 4.74 Å². The Labute approximate surface area is 206 Å². The van der Waals surface area contributed by atoms with Crippen LogP contribution in [0.2, 0.25) is 0 Å². The van der Waals surface area contributed by atoms with Gasteiger partial charge in [-0.25, -0.2) is 17.6 Å². The van der Waals surface area contributed by atoms with Crippen LogP contribution in [0.5, 0.6) is 5.75 Å². The second kappa shape index (κ2) is 10.6. The van der Waals surface area contributed by atoms with E-state index in [2.05, 4.69) is 0 Å². The molecule has 0 saturated carbocycles. The van der Waals surface area contributed by atoms with Crippen molar-refractivity contribution >= 4 is 40.6 Å². The first-order valence-electron chi connectivity index (χ1n) is 10.4. The summed E-state index contributed by atoms with van der Waals surface area (Å²) in [6.45, 7) is -0.842. The molecule has 3 aromatic carbocycles. The van der Waals surface area contributed by atoms with Crippen LogP contribution in [-0.4, -0.2) is 28.5 Å². The minimum absolute atomic E-state index is 0.00579. The Bertz CT molecular complexity index is 1400. The highest BCUT2D eigenvalue weighted by Crippen LogP contribution is 2.34. The molecule has 6 nitrogen and oxygen atoms in total. The number of amides is 3. The van der Waals surface area contributed by atoms with Crippen molar-refractivity contribution in [1.29, 1.82) is 0 Å². The number of carbonyl (C=O) groups excluding carboxylic acids is 3. The van der Waals surface area contributed by atoms with E-state index < -0.39 is 52.6 Å². The van der Waals surface area contributed by atoms with Crippen molar-refractivity contribution in [2.24, 2.45) is 0 Å². The first-order valence-corrected chi connectivity index (χ1v) is 11.2. The number of para-hydroxylation sites is 1. The minimum Gasteiger partial charge on any atom is -0.488 e. The molecule has 1 N–H and O–H groups in total. The molecule has 36 heavy (non-hydrogen) atoms. The molecule has 1 aliphatic heterocycles. The normalized spacial score (nSPS) is 14.4. The van der Waals surface area contributed by atoms with Crippen molar-refractivity contribution in [3.63, 3.8) is 0 Å². The van der Waals surface area contributed by atoms with Crippen LogP contribution in [0.1, 0.15) is 11.1 Å². The first kappa shape index (κ1) is 25.0. The van der Waals surface area contributed by atoms with Crippen molar-refractivity contribution in [2.75, 3.05) is 11.9 Å². The van der Waals surface area contributed by atoms with Gasteiger partial charge in [0, 0.05) is 11.1 Å². The fourth-order valence-electron chi connectivity index (χ4n) is 3.24. The van der Waals surface area contributed by atoms with Crippen molar-refractivity contribution in [3.8, 4) is 5.75 Å². The summed E-state index contributed by atoms with van der Waals surface area (Å²) in [5.41, 5.74) is 0.131. The van der Waals surface area contributed by atoms with Gasteiger partial charge in [-0.1, -0.05) is 36.4 Å². The third-order valence-electron chi connectivity index (χ3n) is 5.03. The molecule has 1 heterocycles. The summed E-state index contributed by atoms with van der Waals surface area (Å²) < 4.78 is 59.8. The lowest BCUT2D eigenvalue weighted by molar-refractivity contribution is -0.127. The molecule has 1 fully saturated rings. The number of halogens is 4. The minimum atomic E-state index is -1.77. The van der Waals surface area contributed by atoms with Gasteiger partial charge in [0.05, 0.1) is 10.6 Å². The third kappa shape index (κ3) is 5.41. The fraction of sp³-hybridized carbons (Fsp3) is 0.0800. The molecule has 0 bridgehead atoms. The summed E-state index contributed by atoms with van der Waals surface area (Å²) in [7, 11) is 0. The number of carbonyl (C=O) groups is 3. The summed E-state index contributed by atoms with van der Waals surface area (Å²) in [4.78, 5) is 38.0. The Morgan fingerprint density at radius 3 is 2.42 bits per heavy atom. The van der Waals surface area contributed by atoms with Crippen molar-refractivity contribution in [1.82, 2.24) is 4.90 Å². The number of hydrogen-bond acceptors (Lipinski definition) is 5. The molecule has 0 unspecified atom stereocenters. The van der Waals surface area contributed by atoms with Gasteiger partial charge in [-0.15, -0.1) is 0 Å². The third-order valence-corrected chi connectivity index (χ3v) is 5.94. The van der Waals surface area contributed by atoms with Crippen LogP contribution in [-0.2, 0) is 16.2 Å². The Balaban J connectivity index is 1.46. The predicted molar refractivity (Wildman–Crippen MR) is 125 cm³/mol. The zero-order valence-electron chi connectivity index (χ0n) is 18.3. The Morgan fingerprint density at radius 1 is 0.917 bits per heavy atom. The Morgan fingerprint density at radius 2 is 1.64 bits per heavy atom. The second-order valence-corrected chi connectivity index (χ2v) is 8.45. The summed E-state index contributed by atoms with van der Waals surface area (Å²) in [5.74, 6) is -6.68. The molecule has 11 heteroatoms. The number of anilines is 1. The summed E-state index contributed by atoms with van der Waals surface area (Å²) in [6.07, 6.45) is 1.40. The van der Waals surface area contributed by atoms with Gasteiger partial charge in [-0.3, -0.25) is 19.3 Å². The molecular weight excluding hydrogens is 500 g/mol. The number of benzene rings is 3. The van der Waals surface area contributed by atoms with Crippen LogP contribution in [0.3, 0.4) is 0 Å². The SMILES string of the molecule is O=C(CN1C(=O)S/C(=C/c2ccccc2OCc2ccccc2F)C1=O)Nc1ccc(F)c(F)c1F. The Kier molecular flexibility index (Phi) is 7.39. The molecule has 0 radical (unpaired) electrons. The quantitative estimate of drug-likeness (QED) is 0.255. The van der Waals surface area contributed by atoms with E-state index in [1.807, 2.05) is 5.32 Å². The lowest BCUT2D eigenvalue weighted by Crippen LogP contribution is -2.36. The number of rotatable bonds is 7. The maximum Gasteiger partial charge on any atom is 0.294 e. The second-order valence-electron chi connectivity index (χ2n) is 7.46. The van der Waals surface area contributed by atoms with E-state index in [1.54, 1.807) is 42.5 Å². The van der Waals surface area contributed by atoms with E-state index in [9.17, 15) is 31.9 Å². The predicted octanol–water partition coefficient (Wildman–Crippen LogP) is 5.50. The van der Waals surface area contributed by atoms with E-state index in [0.29, 0.717) is 39.6 Å². The zero-order valence-corrected chi connectivity index (χ0v) is 19.1. The number of nitrogens with one attached hydrogen (secondary N) is 1. The molecule has 1 saturated heterocycles. The van der Waals surface area contributed by atoms with Crippen molar-refractivity contribution < 1.29 is 36.7 Å². The summed E-state index contributed by atoms with van der Waals surface area (Å²) >= 11 is 0.577. The van der Waals surface area contributed by atoms with Gasteiger partial charge in [-0.2, -0.15) is 0 Å². The monoisotopic (exact) mass is 516 g/mol. The smallest absolute Gasteiger partial charge is 0.294 e. The van der Waals surface area contributed by atoms with Gasteiger partial charge >= 0.3 is 0 Å². The average molecular weight is 516 g/mol. The van der Waals surface area contributed by atoms with Crippen LogP contribution in [0.4, 0.5) is 28.0 Å². The molecule has 0 aromatic heterocycles. The van der Waals surface area contributed by atoms with E-state index >= 15 is 0 Å². The highest BCUT2D eigenvalue weighted by molar-refractivity contribution is 8.18. The number of hydrogen-bond donors (Lipinski definition) is 1. The van der Waals surface area contributed by atoms with E-state index in [-0.39, 0.29) is 11.5 Å². The first-order chi connectivity index (χ1) is 17.2. The Hall–Kier alpha value is -4.12. The van der Waals surface area contributed by atoms with E-state index in [0.717, 1.165) is 6.07 Å². The molecule has 4 rings (SSSR count). The lowest BCUT2D eigenvalue weighted by Gasteiger charge is -2.13. The van der Waals surface area contributed by atoms with Crippen molar-refractivity contribution in [2.45, 2.75) is 6.61 Å². The topological polar surface area (TPSA) is 75.7 Å². The molecule has 3 amide bonds. The maximum absolute atomic E-state index is 13.9. The van der Waals surface area contributed by atoms with Crippen LogP contribution in [0.15, 0.2) is 65.6 Å². The zero-order chi connectivity index (χ0) is 25.8. The van der Waals surface area contributed by atoms with Crippen LogP contribution < -0.4 is 10.1 Å². The van der Waals surface area contributed by atoms with Gasteiger partial charge in [0.15, 0.2) is 17.5 Å². The summed E-state index contributed by atoms with van der Waals surface area (Å²) in [5, 5.41) is 1.26. The number of nitrogens with zero attached hydrogens (tertiary/aromatic N) is 1. The van der Waals surface area contributed by atoms with Gasteiger partial charge in [0.2, 0.25) is 5.91 Å². The average Bonchev–Trinajstić information content (AvgIpc) is 3.12. The molecule has 0 spiro atoms. The molecule has 0 aliphatic carbocycles. The lowest BCUT2D eigenvalue weighted by atomic mass is 10.1. The van der Waals surface area contributed by atoms with Gasteiger partial charge in [0.1, 0.15) is 24.7 Å². The van der Waals surface area contributed by atoms with Gasteiger partial charge in [-0.05, 0) is 42.1 Å². The van der Waals surface area contributed by atoms with Gasteiger partial charge < -0.3 is 10.1 Å². The standard InChI is InChI=1S/C25H16F4N2O4S/c26-16-7-3-1-6-15(16)13-35-19-8-4-2-5-14(19)11-20-24(33)31(25(34)36-20)12-21(32)30-18-10-9-17(27)22(28)23(18)29/h1-11H,12-13H2,(H,30,32)/b20-11+. The number of imide groups is 1. The van der Waals surface area contributed by atoms with E-state index in [1.165, 1.54) is 12.1 Å². The number of ether oxygens (including phenoxy) is 1. The largest absolute Gasteiger partial charge is 0.488 e. The molecule has 3 aromatic rings. The fourth-order valence-corrected chi connectivity index (χ4v) is 4.06. The molecule has 1 aliphatic rings. The van der Waals surface area contributed by atoms with Crippen molar-refractivity contribution in [3.05, 3.63) is 100.0 Å². The van der Waals surface area contributed by atoms with Crippen LogP contribution in [0, 0.1) is 23.3 Å². The highest BCUT2D eigenvalue weighted by Gasteiger charge is 2.36. The van der Waals surface area contributed by atoms with Crippen LogP contribution >= 0.6 is 11.8 Å².